The molecule has 2 amide bonds. The highest BCUT2D eigenvalue weighted by Crippen LogP contribution is 2.47. The fourth-order valence-corrected chi connectivity index (χ4v) is 5.31. The molecule has 1 aliphatic carbocycles. The second-order valence-electron chi connectivity index (χ2n) is 8.75. The van der Waals surface area contributed by atoms with E-state index in [0.29, 0.717) is 11.3 Å². The molecule has 0 unspecified atom stereocenters. The molecule has 5 nitrogen and oxygen atoms in total. The maximum Gasteiger partial charge on any atom is 0.319 e. The summed E-state index contributed by atoms with van der Waals surface area (Å²) in [5, 5.41) is 0. The van der Waals surface area contributed by atoms with Crippen LogP contribution in [0.15, 0.2) is 18.2 Å². The molecule has 1 saturated carbocycles. The van der Waals surface area contributed by atoms with Gasteiger partial charge in [0.15, 0.2) is 0 Å². The summed E-state index contributed by atoms with van der Waals surface area (Å²) in [7, 11) is 3.77. The van der Waals surface area contributed by atoms with Gasteiger partial charge in [0, 0.05) is 46.2 Å². The summed E-state index contributed by atoms with van der Waals surface area (Å²) in [6.07, 6.45) is 8.29. The number of hydrogen-bond donors (Lipinski definition) is 1. The van der Waals surface area contributed by atoms with Gasteiger partial charge < -0.3 is 20.4 Å². The van der Waals surface area contributed by atoms with Gasteiger partial charge in [-0.2, -0.15) is 0 Å². The number of benzene rings is 1. The van der Waals surface area contributed by atoms with Gasteiger partial charge in [0.25, 0.3) is 0 Å². The van der Waals surface area contributed by atoms with E-state index in [2.05, 4.69) is 23.1 Å². The molecule has 3 aliphatic rings. The minimum Gasteiger partial charge on any atom is -0.397 e. The average Bonchev–Trinajstić information content (AvgIpc) is 3.09. The van der Waals surface area contributed by atoms with E-state index in [0.717, 1.165) is 31.9 Å². The number of likely N-dealkylation sites (N-methyl/N-ethyl adjacent to an activating group) is 2. The van der Waals surface area contributed by atoms with Crippen LogP contribution in [0, 0.1) is 5.41 Å². The van der Waals surface area contributed by atoms with Crippen LogP contribution in [0.25, 0.3) is 0 Å². The summed E-state index contributed by atoms with van der Waals surface area (Å²) >= 11 is 0. The van der Waals surface area contributed by atoms with Crippen molar-refractivity contribution in [3.63, 3.8) is 0 Å². The summed E-state index contributed by atoms with van der Waals surface area (Å²) in [5.41, 5.74) is 10.3. The quantitative estimate of drug-likeness (QED) is 0.825. The topological polar surface area (TPSA) is 52.8 Å². The molecule has 1 spiro atoms. The van der Waals surface area contributed by atoms with Crippen molar-refractivity contribution < 1.29 is 4.79 Å². The Balaban J connectivity index is 1.51. The minimum atomic E-state index is 0.106. The molecule has 3 fully saturated rings. The van der Waals surface area contributed by atoms with E-state index >= 15 is 0 Å². The van der Waals surface area contributed by atoms with Crippen LogP contribution in [0.3, 0.4) is 0 Å². The zero-order valence-electron chi connectivity index (χ0n) is 16.2. The Labute approximate surface area is 157 Å². The SMILES string of the molecule is CN1CC(c2ccc(N)c(N3CCC4(CCCC4)CC3)c2)CN(C)C1=O. The van der Waals surface area contributed by atoms with Crippen molar-refractivity contribution in [2.24, 2.45) is 5.41 Å². The number of nitrogen functional groups attached to an aromatic ring is 1. The molecule has 4 rings (SSSR count). The van der Waals surface area contributed by atoms with Gasteiger partial charge in [0.05, 0.1) is 11.4 Å². The van der Waals surface area contributed by atoms with E-state index < -0.39 is 0 Å². The monoisotopic (exact) mass is 356 g/mol. The smallest absolute Gasteiger partial charge is 0.319 e. The second kappa shape index (κ2) is 6.67. The number of nitrogens with two attached hydrogens (primary N) is 1. The Morgan fingerprint density at radius 2 is 1.62 bits per heavy atom. The lowest BCUT2D eigenvalue weighted by Crippen LogP contribution is -2.49. The highest BCUT2D eigenvalue weighted by molar-refractivity contribution is 5.75. The van der Waals surface area contributed by atoms with E-state index in [-0.39, 0.29) is 6.03 Å². The van der Waals surface area contributed by atoms with Crippen molar-refractivity contribution in [1.82, 2.24) is 9.80 Å². The Bertz CT molecular complexity index is 659. The largest absolute Gasteiger partial charge is 0.397 e. The van der Waals surface area contributed by atoms with Gasteiger partial charge in [-0.25, -0.2) is 4.79 Å². The van der Waals surface area contributed by atoms with Crippen LogP contribution in [-0.2, 0) is 0 Å². The third-order valence-corrected chi connectivity index (χ3v) is 7.00. The molecule has 0 bridgehead atoms. The first-order valence-corrected chi connectivity index (χ1v) is 10.1. The summed E-state index contributed by atoms with van der Waals surface area (Å²) in [5.74, 6) is 0.341. The number of urea groups is 1. The van der Waals surface area contributed by atoms with Gasteiger partial charge in [0.1, 0.15) is 0 Å². The van der Waals surface area contributed by atoms with Gasteiger partial charge in [-0.05, 0) is 48.8 Å². The van der Waals surface area contributed by atoms with Gasteiger partial charge in [-0.3, -0.25) is 0 Å². The first-order valence-electron chi connectivity index (χ1n) is 10.1. The van der Waals surface area contributed by atoms with Gasteiger partial charge in [0.2, 0.25) is 0 Å². The number of anilines is 2. The van der Waals surface area contributed by atoms with E-state index in [1.807, 2.05) is 23.9 Å². The molecule has 5 heteroatoms. The van der Waals surface area contributed by atoms with Crippen LogP contribution in [0.2, 0.25) is 0 Å². The molecule has 0 atom stereocenters. The highest BCUT2D eigenvalue weighted by Gasteiger charge is 2.37. The van der Waals surface area contributed by atoms with Crippen LogP contribution < -0.4 is 10.6 Å². The normalized spacial score (nSPS) is 23.9. The molecule has 1 aromatic carbocycles. The van der Waals surface area contributed by atoms with Gasteiger partial charge in [-0.1, -0.05) is 18.9 Å². The molecule has 0 aromatic heterocycles. The van der Waals surface area contributed by atoms with Crippen molar-refractivity contribution in [3.8, 4) is 0 Å². The van der Waals surface area contributed by atoms with Crippen LogP contribution in [0.1, 0.15) is 50.0 Å². The zero-order chi connectivity index (χ0) is 18.3. The predicted octanol–water partition coefficient (Wildman–Crippen LogP) is 3.51. The first-order chi connectivity index (χ1) is 12.5. The highest BCUT2D eigenvalue weighted by atomic mass is 16.2. The average molecular weight is 357 g/mol. The summed E-state index contributed by atoms with van der Waals surface area (Å²) < 4.78 is 0. The van der Waals surface area contributed by atoms with E-state index in [9.17, 15) is 4.79 Å². The van der Waals surface area contributed by atoms with Crippen molar-refractivity contribution in [2.45, 2.75) is 44.4 Å². The summed E-state index contributed by atoms with van der Waals surface area (Å²) in [4.78, 5) is 18.1. The first kappa shape index (κ1) is 17.5. The fourth-order valence-electron chi connectivity index (χ4n) is 5.31. The Morgan fingerprint density at radius 3 is 2.23 bits per heavy atom. The lowest BCUT2D eigenvalue weighted by Gasteiger charge is -2.41. The number of amides is 2. The zero-order valence-corrected chi connectivity index (χ0v) is 16.2. The molecule has 2 aliphatic heterocycles. The van der Waals surface area contributed by atoms with Crippen molar-refractivity contribution in [1.29, 1.82) is 0 Å². The third-order valence-electron chi connectivity index (χ3n) is 7.00. The number of nitrogens with zero attached hydrogens (tertiary/aromatic N) is 3. The van der Waals surface area contributed by atoms with E-state index in [1.54, 1.807) is 0 Å². The molecular formula is C21H32N4O. The Hall–Kier alpha value is -1.91. The molecule has 1 aromatic rings. The standard InChI is InChI=1S/C21H32N4O/c1-23-14-17(15-24(2)20(23)26)16-5-6-18(22)19(13-16)25-11-9-21(10-12-25)7-3-4-8-21/h5-6,13,17H,3-4,7-12,14-15,22H2,1-2H3. The van der Waals surface area contributed by atoms with Gasteiger partial charge >= 0.3 is 6.03 Å². The number of rotatable bonds is 2. The van der Waals surface area contributed by atoms with Crippen LogP contribution in [0.4, 0.5) is 16.2 Å². The molecule has 142 valence electrons. The lowest BCUT2D eigenvalue weighted by molar-refractivity contribution is 0.144. The van der Waals surface area contributed by atoms with Crippen molar-refractivity contribution in [2.75, 3.05) is 50.9 Å². The van der Waals surface area contributed by atoms with Gasteiger partial charge in [-0.15, -0.1) is 0 Å². The molecular weight excluding hydrogens is 324 g/mol. The summed E-state index contributed by atoms with van der Waals surface area (Å²) in [6, 6.07) is 6.59. The molecule has 2 heterocycles. The second-order valence-corrected chi connectivity index (χ2v) is 8.75. The molecule has 2 N–H and O–H groups in total. The van der Waals surface area contributed by atoms with Crippen LogP contribution in [0.5, 0.6) is 0 Å². The van der Waals surface area contributed by atoms with Crippen LogP contribution in [-0.4, -0.2) is 56.1 Å². The minimum absolute atomic E-state index is 0.106. The maximum absolute atomic E-state index is 12.0. The summed E-state index contributed by atoms with van der Waals surface area (Å²) in [6.45, 7) is 3.79. The molecule has 26 heavy (non-hydrogen) atoms. The van der Waals surface area contributed by atoms with Crippen molar-refractivity contribution >= 4 is 17.4 Å². The number of carbonyl (C=O) groups excluding carboxylic acids is 1. The number of piperidine rings is 1. The third kappa shape index (κ3) is 3.12. The lowest BCUT2D eigenvalue weighted by atomic mass is 9.77. The van der Waals surface area contributed by atoms with E-state index in [1.165, 1.54) is 49.8 Å². The fraction of sp³-hybridized carbons (Fsp3) is 0.667. The van der Waals surface area contributed by atoms with Crippen molar-refractivity contribution in [3.05, 3.63) is 23.8 Å². The Kier molecular flexibility index (Phi) is 4.49. The van der Waals surface area contributed by atoms with E-state index in [4.69, 9.17) is 5.73 Å². The maximum atomic E-state index is 12.0. The van der Waals surface area contributed by atoms with Crippen LogP contribution >= 0.6 is 0 Å². The number of hydrogen-bond acceptors (Lipinski definition) is 3. The Morgan fingerprint density at radius 1 is 1.00 bits per heavy atom. The predicted molar refractivity (Wildman–Crippen MR) is 107 cm³/mol. The number of carbonyl (C=O) groups is 1. The molecule has 2 saturated heterocycles. The molecule has 0 radical (unpaired) electrons.